The minimum absolute atomic E-state index is 0.301. The maximum absolute atomic E-state index is 5.45. The topological polar surface area (TPSA) is 78.9 Å². The molecule has 0 amide bonds. The number of nitrogens with zero attached hydrogens (tertiary/aromatic N) is 4. The Morgan fingerprint density at radius 2 is 2.12 bits per heavy atom. The molecule has 0 saturated carbocycles. The molecule has 0 aliphatic heterocycles. The molecule has 16 heavy (non-hydrogen) atoms. The number of nitrogen functional groups attached to an aromatic ring is 1. The van der Waals surface area contributed by atoms with Crippen molar-refractivity contribution >= 4 is 5.82 Å². The molecule has 84 valence electrons. The van der Waals surface area contributed by atoms with E-state index in [0.29, 0.717) is 23.5 Å². The van der Waals surface area contributed by atoms with Crippen molar-refractivity contribution in [3.63, 3.8) is 0 Å². The van der Waals surface area contributed by atoms with Crippen LogP contribution in [0.4, 0.5) is 5.82 Å². The van der Waals surface area contributed by atoms with Gasteiger partial charge in [0.15, 0.2) is 5.75 Å². The summed E-state index contributed by atoms with van der Waals surface area (Å²) in [5.41, 5.74) is 5.42. The van der Waals surface area contributed by atoms with Crippen molar-refractivity contribution in [3.05, 3.63) is 24.5 Å². The van der Waals surface area contributed by atoms with Crippen LogP contribution >= 0.6 is 0 Å². The van der Waals surface area contributed by atoms with Gasteiger partial charge in [0.25, 0.3) is 0 Å². The van der Waals surface area contributed by atoms with E-state index in [1.54, 1.807) is 23.0 Å². The summed E-state index contributed by atoms with van der Waals surface area (Å²) in [5.74, 6) is 1.40. The largest absolute Gasteiger partial charge is 0.434 e. The van der Waals surface area contributed by atoms with Crippen molar-refractivity contribution in [2.24, 2.45) is 0 Å². The van der Waals surface area contributed by atoms with E-state index >= 15 is 0 Å². The summed E-state index contributed by atoms with van der Waals surface area (Å²) in [6.07, 6.45) is 3.45. The lowest BCUT2D eigenvalue weighted by atomic mass is 10.4. The Balaban J connectivity index is 2.11. The van der Waals surface area contributed by atoms with Gasteiger partial charge in [-0.15, -0.1) is 10.2 Å². The van der Waals surface area contributed by atoms with Gasteiger partial charge in [0.1, 0.15) is 5.82 Å². The zero-order chi connectivity index (χ0) is 11.5. The summed E-state index contributed by atoms with van der Waals surface area (Å²) < 4.78 is 7.26. The highest BCUT2D eigenvalue weighted by atomic mass is 16.5. The molecule has 0 unspecified atom stereocenters. The zero-order valence-corrected chi connectivity index (χ0v) is 9.16. The molecular weight excluding hydrogens is 206 g/mol. The first-order valence-electron chi connectivity index (χ1n) is 4.96. The van der Waals surface area contributed by atoms with Crippen LogP contribution in [0.25, 0.3) is 0 Å². The van der Waals surface area contributed by atoms with E-state index in [1.807, 2.05) is 20.0 Å². The Hall–Kier alpha value is -2.11. The monoisotopic (exact) mass is 219 g/mol. The summed E-state index contributed by atoms with van der Waals surface area (Å²) in [6, 6.07) is 3.60. The van der Waals surface area contributed by atoms with Crippen molar-refractivity contribution < 1.29 is 4.74 Å². The Bertz CT molecular complexity index is 462. The minimum atomic E-state index is 0.301. The molecule has 0 aliphatic carbocycles. The summed E-state index contributed by atoms with van der Waals surface area (Å²) in [4.78, 5) is 0. The van der Waals surface area contributed by atoms with E-state index in [4.69, 9.17) is 10.5 Å². The Kier molecular flexibility index (Phi) is 2.72. The predicted octanol–water partition coefficient (Wildman–Crippen LogP) is 1.63. The second-order valence-corrected chi connectivity index (χ2v) is 3.65. The van der Waals surface area contributed by atoms with E-state index in [1.165, 1.54) is 0 Å². The molecule has 0 bridgehead atoms. The number of rotatable bonds is 3. The molecule has 2 N–H and O–H groups in total. The lowest BCUT2D eigenvalue weighted by Crippen LogP contribution is -1.99. The third-order valence-electron chi connectivity index (χ3n) is 1.99. The van der Waals surface area contributed by atoms with Gasteiger partial charge in [-0.3, -0.25) is 4.68 Å². The average Bonchev–Trinajstić information content (AvgIpc) is 2.70. The first-order valence-corrected chi connectivity index (χ1v) is 4.96. The lowest BCUT2D eigenvalue weighted by molar-refractivity contribution is 0.452. The quantitative estimate of drug-likeness (QED) is 0.848. The standard InChI is InChI=1S/C10H13N5O/c1-7(2)15-6-8(5-12-15)16-10-4-3-9(11)13-14-10/h3-7H,1-2H3,(H2,11,13). The fourth-order valence-electron chi connectivity index (χ4n) is 1.16. The van der Waals surface area contributed by atoms with Crippen LogP contribution in [0, 0.1) is 0 Å². The molecule has 2 aromatic rings. The van der Waals surface area contributed by atoms with Gasteiger partial charge >= 0.3 is 0 Å². The zero-order valence-electron chi connectivity index (χ0n) is 9.16. The van der Waals surface area contributed by atoms with Crippen molar-refractivity contribution in [2.75, 3.05) is 5.73 Å². The predicted molar refractivity (Wildman–Crippen MR) is 59.1 cm³/mol. The highest BCUT2D eigenvalue weighted by molar-refractivity contribution is 5.29. The van der Waals surface area contributed by atoms with Crippen molar-refractivity contribution in [3.8, 4) is 11.6 Å². The van der Waals surface area contributed by atoms with E-state index < -0.39 is 0 Å². The summed E-state index contributed by atoms with van der Waals surface area (Å²) in [5, 5.41) is 11.6. The van der Waals surface area contributed by atoms with Crippen LogP contribution < -0.4 is 10.5 Å². The molecule has 2 heterocycles. The van der Waals surface area contributed by atoms with Crippen molar-refractivity contribution in [2.45, 2.75) is 19.9 Å². The fraction of sp³-hybridized carbons (Fsp3) is 0.300. The Morgan fingerprint density at radius 1 is 1.31 bits per heavy atom. The third-order valence-corrected chi connectivity index (χ3v) is 1.99. The van der Waals surface area contributed by atoms with Gasteiger partial charge in [0.2, 0.25) is 5.88 Å². The van der Waals surface area contributed by atoms with Gasteiger partial charge in [0, 0.05) is 12.1 Å². The van der Waals surface area contributed by atoms with Gasteiger partial charge in [-0.25, -0.2) is 0 Å². The second kappa shape index (κ2) is 4.18. The van der Waals surface area contributed by atoms with E-state index in [2.05, 4.69) is 15.3 Å². The molecule has 2 aromatic heterocycles. The van der Waals surface area contributed by atoms with Crippen LogP contribution in [-0.2, 0) is 0 Å². The molecule has 0 saturated heterocycles. The summed E-state index contributed by atoms with van der Waals surface area (Å²) >= 11 is 0. The third kappa shape index (κ3) is 2.28. The summed E-state index contributed by atoms with van der Waals surface area (Å²) in [6.45, 7) is 4.08. The Morgan fingerprint density at radius 3 is 2.69 bits per heavy atom. The first kappa shape index (κ1) is 10.4. The van der Waals surface area contributed by atoms with Gasteiger partial charge in [-0.1, -0.05) is 0 Å². The highest BCUT2D eigenvalue weighted by Gasteiger charge is 2.04. The normalized spacial score (nSPS) is 10.7. The number of hydrogen-bond acceptors (Lipinski definition) is 5. The first-order chi connectivity index (χ1) is 7.65. The highest BCUT2D eigenvalue weighted by Crippen LogP contribution is 2.19. The second-order valence-electron chi connectivity index (χ2n) is 3.65. The van der Waals surface area contributed by atoms with Crippen LogP contribution in [0.1, 0.15) is 19.9 Å². The maximum atomic E-state index is 5.45. The lowest BCUT2D eigenvalue weighted by Gasteiger charge is -2.03. The average molecular weight is 219 g/mol. The van der Waals surface area contributed by atoms with E-state index in [-0.39, 0.29) is 0 Å². The molecule has 0 aliphatic rings. The van der Waals surface area contributed by atoms with Gasteiger partial charge in [-0.2, -0.15) is 5.10 Å². The van der Waals surface area contributed by atoms with Crippen LogP contribution in [0.15, 0.2) is 24.5 Å². The number of ether oxygens (including phenoxy) is 1. The van der Waals surface area contributed by atoms with Crippen molar-refractivity contribution in [1.82, 2.24) is 20.0 Å². The minimum Gasteiger partial charge on any atom is -0.434 e. The van der Waals surface area contributed by atoms with Crippen LogP contribution in [0.3, 0.4) is 0 Å². The summed E-state index contributed by atoms with van der Waals surface area (Å²) in [7, 11) is 0. The molecule has 0 aromatic carbocycles. The molecule has 0 fully saturated rings. The number of aromatic nitrogens is 4. The van der Waals surface area contributed by atoms with Gasteiger partial charge in [0.05, 0.1) is 12.4 Å². The SMILES string of the molecule is CC(C)n1cc(Oc2ccc(N)nn2)cn1. The van der Waals surface area contributed by atoms with Crippen LogP contribution in [0.5, 0.6) is 11.6 Å². The molecule has 6 nitrogen and oxygen atoms in total. The van der Waals surface area contributed by atoms with Crippen molar-refractivity contribution in [1.29, 1.82) is 0 Å². The van der Waals surface area contributed by atoms with Gasteiger partial charge in [-0.05, 0) is 19.9 Å². The molecule has 0 radical (unpaired) electrons. The molecule has 6 heteroatoms. The number of nitrogens with two attached hydrogens (primary N) is 1. The number of hydrogen-bond donors (Lipinski definition) is 1. The van der Waals surface area contributed by atoms with E-state index in [9.17, 15) is 0 Å². The molecule has 2 rings (SSSR count). The van der Waals surface area contributed by atoms with E-state index in [0.717, 1.165) is 0 Å². The Labute approximate surface area is 93.1 Å². The van der Waals surface area contributed by atoms with Crippen LogP contribution in [0.2, 0.25) is 0 Å². The fourth-order valence-corrected chi connectivity index (χ4v) is 1.16. The molecule has 0 atom stereocenters. The maximum Gasteiger partial charge on any atom is 0.239 e. The smallest absolute Gasteiger partial charge is 0.239 e. The molecule has 0 spiro atoms. The number of anilines is 1. The van der Waals surface area contributed by atoms with Crippen LogP contribution in [-0.4, -0.2) is 20.0 Å². The molecular formula is C10H13N5O. The van der Waals surface area contributed by atoms with Gasteiger partial charge < -0.3 is 10.5 Å².